The van der Waals surface area contributed by atoms with Gasteiger partial charge in [-0.25, -0.2) is 0 Å². The summed E-state index contributed by atoms with van der Waals surface area (Å²) in [5.41, 5.74) is 23.6. The minimum atomic E-state index is 0. The summed E-state index contributed by atoms with van der Waals surface area (Å²) in [5.74, 6) is 1.27. The van der Waals surface area contributed by atoms with Crippen LogP contribution in [-0.4, -0.2) is 81.6 Å². The van der Waals surface area contributed by atoms with E-state index in [2.05, 4.69) is 290 Å². The van der Waals surface area contributed by atoms with Gasteiger partial charge in [0, 0.05) is 116 Å². The lowest BCUT2D eigenvalue weighted by atomic mass is 9.66. The van der Waals surface area contributed by atoms with E-state index >= 15 is 0 Å². The molecule has 125 heavy (non-hydrogen) atoms. The van der Waals surface area contributed by atoms with E-state index in [-0.39, 0.29) is 104 Å². The lowest BCUT2D eigenvalue weighted by molar-refractivity contribution is 0.107. The topological polar surface area (TPSA) is 19.4 Å². The van der Waals surface area contributed by atoms with Gasteiger partial charge < -0.3 is 29.4 Å². The molecule has 1 heterocycles. The van der Waals surface area contributed by atoms with Gasteiger partial charge in [-0.3, -0.25) is 0 Å². The number of benzene rings is 6. The minimum Gasteiger partial charge on any atom is -0.377 e. The molecule has 6 heteroatoms. The van der Waals surface area contributed by atoms with Crippen LogP contribution in [0.1, 0.15) is 463 Å². The summed E-state index contributed by atoms with van der Waals surface area (Å²) in [6.07, 6.45) is 13.4. The van der Waals surface area contributed by atoms with Crippen molar-refractivity contribution in [3.8, 4) is 0 Å². The van der Waals surface area contributed by atoms with Crippen LogP contribution in [0, 0.1) is 17.3 Å². The fourth-order valence-electron chi connectivity index (χ4n) is 12.9. The Morgan fingerprint density at radius 2 is 0.496 bits per heavy atom. The zero-order valence-electron chi connectivity index (χ0n) is 84.6. The molecule has 6 aromatic rings. The summed E-state index contributed by atoms with van der Waals surface area (Å²) in [6.45, 7) is 95.0. The third-order valence-electron chi connectivity index (χ3n) is 18.1. The van der Waals surface area contributed by atoms with E-state index in [0.717, 1.165) is 103 Å². The molecule has 2 atom stereocenters. The molecule has 1 fully saturated rings. The number of anilines is 6. The van der Waals surface area contributed by atoms with Crippen molar-refractivity contribution in [2.24, 2.45) is 17.3 Å². The van der Waals surface area contributed by atoms with Gasteiger partial charge in [0.2, 0.25) is 0 Å². The second kappa shape index (κ2) is 134. The Bertz CT molecular complexity index is 2660. The van der Waals surface area contributed by atoms with Crippen molar-refractivity contribution in [3.05, 3.63) is 177 Å². The SMILES string of the molecule is C.C.C.C.C.C.C.C.C.C.C.C.C.C.CC.CC.CC.CC.CC.CC.CC.CC.CC.CC.CC.CC.CC.CC.CCCN(CCCN(C)c1ccccc1CC)c1c(CC)cccc1CC.CCc1cccc(CC)c1N(C)C.CCc1cccc(CC)c1N(C)C.CCc1ccccc1N(C)C[C@H]1CN(c2c(CC)cccc2CC)C[C@@H](C)C1(C)C. The van der Waals surface area contributed by atoms with Crippen LogP contribution in [0.25, 0.3) is 0 Å². The van der Waals surface area contributed by atoms with E-state index < -0.39 is 0 Å². The van der Waals surface area contributed by atoms with Crippen LogP contribution < -0.4 is 29.4 Å². The molecule has 0 N–H and O–H groups in total. The van der Waals surface area contributed by atoms with Gasteiger partial charge in [0.1, 0.15) is 0 Å². The highest BCUT2D eigenvalue weighted by atomic mass is 15.2. The predicted octanol–water partition coefficient (Wildman–Crippen LogP) is 41.8. The first-order valence-electron chi connectivity index (χ1n) is 46.7. The van der Waals surface area contributed by atoms with E-state index in [1.165, 1.54) is 103 Å². The molecule has 0 amide bonds. The molecule has 0 spiro atoms. The van der Waals surface area contributed by atoms with Crippen molar-refractivity contribution in [3.63, 3.8) is 0 Å². The van der Waals surface area contributed by atoms with E-state index in [1.807, 2.05) is 194 Å². The summed E-state index contributed by atoms with van der Waals surface area (Å²) >= 11 is 0. The third kappa shape index (κ3) is 71.6. The molecule has 1 saturated heterocycles. The number of hydrogen-bond donors (Lipinski definition) is 0. The molecular formula is C119H258N6. The van der Waals surface area contributed by atoms with Gasteiger partial charge >= 0.3 is 0 Å². The summed E-state index contributed by atoms with van der Waals surface area (Å²) < 4.78 is 0. The standard InChI is InChI=1S/C28H42N2.C25H38N2.2C12H19N.14C2H6.14CH4/c1-8-22-14-11-12-17-26(22)29(7)19-25-20-30(18-21(4)28(25,5)6)27-23(9-2)15-13-16-24(27)10-3;1-6-18-27(25-22(8-3)15-12-16-23(25)9-4)20-13-19-26(5)24-17-11-10-14-21(24)7-2;2*1-5-10-8-7-9-11(6-2)12(10)13(3)4;14*1-2;;;;;;;;;;;;;;/h11-17,21,25H,8-10,18-20H2,1-7H3;10-12,14-17H,6-9,13,18-20H2,1-5H3;2*7-9H,5-6H2,1-4H3;14*1-2H3;14*1H4/t21-,25+;;;;;;;;;;;;;;;;;;;;;;;;;;;;;;;/m1.............................../s1. The number of nitrogens with zero attached hydrogens (tertiary/aromatic N) is 6. The second-order valence-corrected chi connectivity index (χ2v) is 24.2. The molecule has 764 valence electrons. The molecule has 1 aliphatic heterocycles. The van der Waals surface area contributed by atoms with Crippen LogP contribution in [0.2, 0.25) is 0 Å². The highest BCUT2D eigenvalue weighted by molar-refractivity contribution is 5.63. The van der Waals surface area contributed by atoms with Gasteiger partial charge in [-0.2, -0.15) is 0 Å². The highest BCUT2D eigenvalue weighted by Crippen LogP contribution is 2.44. The fraction of sp³-hybridized carbons (Fsp3) is 0.697. The molecule has 1 aliphatic rings. The van der Waals surface area contributed by atoms with Crippen molar-refractivity contribution in [1.82, 2.24) is 0 Å². The van der Waals surface area contributed by atoms with E-state index in [4.69, 9.17) is 0 Å². The minimum absolute atomic E-state index is 0. The molecule has 0 radical (unpaired) electrons. The summed E-state index contributed by atoms with van der Waals surface area (Å²) in [5, 5.41) is 0. The number of para-hydroxylation sites is 6. The maximum atomic E-state index is 2.72. The van der Waals surface area contributed by atoms with Gasteiger partial charge in [0.15, 0.2) is 0 Å². The van der Waals surface area contributed by atoms with Crippen LogP contribution in [0.4, 0.5) is 34.1 Å². The maximum Gasteiger partial charge on any atom is 0.0431 e. The van der Waals surface area contributed by atoms with Gasteiger partial charge in [-0.15, -0.1) is 0 Å². The average Bonchev–Trinajstić information content (AvgIpc) is 0.768. The van der Waals surface area contributed by atoms with Crippen LogP contribution in [0.3, 0.4) is 0 Å². The fourth-order valence-corrected chi connectivity index (χ4v) is 12.9. The predicted molar refractivity (Wildman–Crippen MR) is 627 cm³/mol. The van der Waals surface area contributed by atoms with Gasteiger partial charge in [-0.1, -0.05) is 504 Å². The van der Waals surface area contributed by atoms with Crippen molar-refractivity contribution >= 4 is 34.1 Å². The van der Waals surface area contributed by atoms with Crippen LogP contribution in [0.15, 0.2) is 121 Å². The summed E-state index contributed by atoms with van der Waals surface area (Å²) in [4.78, 5) is 14.7. The first-order valence-corrected chi connectivity index (χ1v) is 46.7. The third-order valence-corrected chi connectivity index (χ3v) is 18.1. The Morgan fingerprint density at radius 1 is 0.272 bits per heavy atom. The van der Waals surface area contributed by atoms with Crippen molar-refractivity contribution in [2.45, 2.75) is 472 Å². The largest absolute Gasteiger partial charge is 0.377 e. The molecule has 0 saturated carbocycles. The Hall–Kier alpha value is -5.88. The Morgan fingerprint density at radius 3 is 0.736 bits per heavy atom. The van der Waals surface area contributed by atoms with Crippen LogP contribution in [0.5, 0.6) is 0 Å². The molecule has 0 aromatic heterocycles. The summed E-state index contributed by atoms with van der Waals surface area (Å²) in [6, 6.07) is 44.6. The lowest BCUT2D eigenvalue weighted by Gasteiger charge is -2.51. The zero-order chi connectivity index (χ0) is 89.2. The monoisotopic (exact) mass is 1770 g/mol. The van der Waals surface area contributed by atoms with E-state index in [0.29, 0.717) is 17.3 Å². The summed E-state index contributed by atoms with van der Waals surface area (Å²) in [7, 11) is 13.0. The molecule has 6 aromatic carbocycles. The maximum absolute atomic E-state index is 2.72. The first-order chi connectivity index (χ1) is 53.9. The van der Waals surface area contributed by atoms with Crippen molar-refractivity contribution in [2.75, 3.05) is 111 Å². The second-order valence-electron chi connectivity index (χ2n) is 24.2. The number of hydrogen-bond acceptors (Lipinski definition) is 6. The Balaban J connectivity index is -0.0000000421. The molecule has 0 unspecified atom stereocenters. The van der Waals surface area contributed by atoms with Crippen LogP contribution in [-0.2, 0) is 64.2 Å². The van der Waals surface area contributed by atoms with Gasteiger partial charge in [0.05, 0.1) is 0 Å². The van der Waals surface area contributed by atoms with Crippen molar-refractivity contribution < 1.29 is 0 Å². The Labute approximate surface area is 806 Å². The zero-order valence-corrected chi connectivity index (χ0v) is 84.6. The van der Waals surface area contributed by atoms with Crippen LogP contribution >= 0.6 is 0 Å². The molecular weight excluding hydrogens is 1510 g/mol. The lowest BCUT2D eigenvalue weighted by Crippen LogP contribution is -2.53. The van der Waals surface area contributed by atoms with E-state index in [1.54, 1.807) is 0 Å². The van der Waals surface area contributed by atoms with Gasteiger partial charge in [-0.05, 0) is 162 Å². The molecule has 0 bridgehead atoms. The Kier molecular flexibility index (Phi) is 201. The molecule has 6 nitrogen and oxygen atoms in total. The number of rotatable bonds is 24. The normalized spacial score (nSPS) is 10.2. The average molecular weight is 1770 g/mol. The molecule has 0 aliphatic carbocycles. The van der Waals surface area contributed by atoms with Crippen molar-refractivity contribution in [1.29, 1.82) is 0 Å². The smallest absolute Gasteiger partial charge is 0.0431 e. The number of aryl methyl sites for hydroxylation is 10. The first kappa shape index (κ1) is 188. The molecule has 7 rings (SSSR count). The van der Waals surface area contributed by atoms with Gasteiger partial charge in [0.25, 0.3) is 0 Å². The van der Waals surface area contributed by atoms with E-state index in [9.17, 15) is 0 Å². The number of piperidine rings is 1. The highest BCUT2D eigenvalue weighted by Gasteiger charge is 2.42. The quantitative estimate of drug-likeness (QED) is 0.0597.